The fraction of sp³-hybridized carbons (Fsp3) is 0.171. The number of rotatable bonds is 4. The first-order valence-corrected chi connectivity index (χ1v) is 12.6. The fourth-order valence-corrected chi connectivity index (χ4v) is 2.82. The quantitative estimate of drug-likeness (QED) is 0.167. The second kappa shape index (κ2) is 26.1. The van der Waals surface area contributed by atoms with Crippen LogP contribution in [0.2, 0.25) is 0 Å². The molecule has 0 N–H and O–H groups in total. The van der Waals surface area contributed by atoms with Crippen molar-refractivity contribution >= 4 is 0 Å². The van der Waals surface area contributed by atoms with E-state index in [1.165, 1.54) is 11.1 Å². The summed E-state index contributed by atoms with van der Waals surface area (Å²) in [7, 11) is 8.23. The van der Waals surface area contributed by atoms with Gasteiger partial charge in [-0.1, -0.05) is 78.9 Å². The molecule has 1 aromatic heterocycles. The van der Waals surface area contributed by atoms with E-state index in [1.807, 2.05) is 127 Å². The van der Waals surface area contributed by atoms with E-state index in [0.29, 0.717) is 0 Å². The van der Waals surface area contributed by atoms with Crippen LogP contribution in [0.3, 0.4) is 0 Å². The number of hydrogen-bond acceptors (Lipinski definition) is 3. The van der Waals surface area contributed by atoms with Crippen molar-refractivity contribution in [3.63, 3.8) is 0 Å². The zero-order valence-electron chi connectivity index (χ0n) is 23.5. The summed E-state index contributed by atoms with van der Waals surface area (Å²) in [5.41, 5.74) is 2.49. The van der Waals surface area contributed by atoms with Crippen molar-refractivity contribution in [2.75, 3.05) is 28.2 Å². The SMILES string of the molecule is CN(C)Cc1[c-]cccc1.CN(C)Cc1[c-]cccc1.[Fe+2].c1ccccc1.c1ccccc1.c1ccncc1. The molecule has 0 spiro atoms. The van der Waals surface area contributed by atoms with Crippen molar-refractivity contribution in [3.8, 4) is 0 Å². The zero-order valence-corrected chi connectivity index (χ0v) is 24.6. The van der Waals surface area contributed by atoms with E-state index in [4.69, 9.17) is 0 Å². The maximum Gasteiger partial charge on any atom is 2.00 e. The molecule has 0 bridgehead atoms. The minimum atomic E-state index is 0. The molecule has 4 heteroatoms. The second-order valence-corrected chi connectivity index (χ2v) is 8.59. The molecule has 0 saturated carbocycles. The molecule has 0 amide bonds. The van der Waals surface area contributed by atoms with Gasteiger partial charge in [0.15, 0.2) is 0 Å². The van der Waals surface area contributed by atoms with Crippen molar-refractivity contribution in [1.29, 1.82) is 0 Å². The number of hydrogen-bond donors (Lipinski definition) is 0. The summed E-state index contributed by atoms with van der Waals surface area (Å²) in [4.78, 5) is 8.05. The van der Waals surface area contributed by atoms with E-state index >= 15 is 0 Å². The number of pyridine rings is 1. The van der Waals surface area contributed by atoms with E-state index < -0.39 is 0 Å². The van der Waals surface area contributed by atoms with Crippen molar-refractivity contribution in [3.05, 3.63) is 175 Å². The molecule has 0 saturated heterocycles. The van der Waals surface area contributed by atoms with Gasteiger partial charge in [0, 0.05) is 25.5 Å². The summed E-state index contributed by atoms with van der Waals surface area (Å²) in [6.07, 6.45) is 3.50. The molecule has 0 atom stereocenters. The smallest absolute Gasteiger partial charge is 0.307 e. The van der Waals surface area contributed by atoms with Gasteiger partial charge in [0.05, 0.1) is 0 Å². The molecule has 5 aromatic rings. The Morgan fingerprint density at radius 3 is 0.949 bits per heavy atom. The van der Waals surface area contributed by atoms with Gasteiger partial charge in [0.2, 0.25) is 0 Å². The Labute approximate surface area is 247 Å². The number of nitrogens with zero attached hydrogens (tertiary/aromatic N) is 3. The molecule has 204 valence electrons. The van der Waals surface area contributed by atoms with Gasteiger partial charge in [-0.2, -0.15) is 60.7 Å². The van der Waals surface area contributed by atoms with Crippen LogP contribution in [0.4, 0.5) is 0 Å². The predicted octanol–water partition coefficient (Wildman–Crippen LogP) is 7.55. The Morgan fingerprint density at radius 1 is 0.462 bits per heavy atom. The van der Waals surface area contributed by atoms with Crippen LogP contribution < -0.4 is 0 Å². The predicted molar refractivity (Wildman–Crippen MR) is 162 cm³/mol. The molecule has 0 fully saturated rings. The summed E-state index contributed by atoms with van der Waals surface area (Å²) in [6, 6.07) is 52.1. The summed E-state index contributed by atoms with van der Waals surface area (Å²) < 4.78 is 0. The van der Waals surface area contributed by atoms with Gasteiger partial charge in [0.1, 0.15) is 0 Å². The average Bonchev–Trinajstić information content (AvgIpc) is 2.98. The third kappa shape index (κ3) is 24.6. The van der Waals surface area contributed by atoms with Crippen LogP contribution in [-0.4, -0.2) is 43.0 Å². The van der Waals surface area contributed by atoms with E-state index in [9.17, 15) is 0 Å². The second-order valence-electron chi connectivity index (χ2n) is 8.59. The third-order valence-electron chi connectivity index (χ3n) is 4.42. The number of benzene rings is 4. The molecule has 39 heavy (non-hydrogen) atoms. The molecule has 4 aromatic carbocycles. The van der Waals surface area contributed by atoms with E-state index in [2.05, 4.69) is 67.2 Å². The van der Waals surface area contributed by atoms with Crippen LogP contribution in [0.15, 0.2) is 152 Å². The van der Waals surface area contributed by atoms with Gasteiger partial charge in [0.25, 0.3) is 0 Å². The minimum absolute atomic E-state index is 0. The first kappa shape index (κ1) is 35.5. The molecular formula is C35H41FeN3. The van der Waals surface area contributed by atoms with E-state index in [-0.39, 0.29) is 17.1 Å². The summed E-state index contributed by atoms with van der Waals surface area (Å²) in [5.74, 6) is 0. The maximum absolute atomic E-state index is 3.78. The first-order chi connectivity index (χ1) is 18.6. The molecule has 0 radical (unpaired) electrons. The van der Waals surface area contributed by atoms with E-state index in [1.54, 1.807) is 12.4 Å². The van der Waals surface area contributed by atoms with Crippen LogP contribution in [0, 0.1) is 12.1 Å². The van der Waals surface area contributed by atoms with Crippen molar-refractivity contribution in [1.82, 2.24) is 14.8 Å². The molecule has 0 aliphatic carbocycles. The first-order valence-electron chi connectivity index (χ1n) is 12.6. The molecule has 0 aliphatic heterocycles. The summed E-state index contributed by atoms with van der Waals surface area (Å²) in [6.45, 7) is 1.95. The van der Waals surface area contributed by atoms with Crippen LogP contribution >= 0.6 is 0 Å². The molecular weight excluding hydrogens is 518 g/mol. The van der Waals surface area contributed by atoms with Crippen molar-refractivity contribution in [2.45, 2.75) is 13.1 Å². The largest absolute Gasteiger partial charge is 2.00 e. The Kier molecular flexibility index (Phi) is 23.7. The van der Waals surface area contributed by atoms with Crippen LogP contribution in [0.25, 0.3) is 0 Å². The normalized spacial score (nSPS) is 8.97. The molecule has 1 heterocycles. The Balaban J connectivity index is 0.000000469. The van der Waals surface area contributed by atoms with Crippen LogP contribution in [0.1, 0.15) is 11.1 Å². The van der Waals surface area contributed by atoms with Gasteiger partial charge in [-0.25, -0.2) is 0 Å². The third-order valence-corrected chi connectivity index (χ3v) is 4.42. The maximum atomic E-state index is 3.78. The van der Waals surface area contributed by atoms with Gasteiger partial charge in [-0.15, -0.1) is 11.1 Å². The van der Waals surface area contributed by atoms with Crippen LogP contribution in [-0.2, 0) is 30.2 Å². The van der Waals surface area contributed by atoms with Crippen LogP contribution in [0.5, 0.6) is 0 Å². The Morgan fingerprint density at radius 2 is 0.769 bits per heavy atom. The summed E-state index contributed by atoms with van der Waals surface area (Å²) >= 11 is 0. The van der Waals surface area contributed by atoms with E-state index in [0.717, 1.165) is 13.1 Å². The topological polar surface area (TPSA) is 19.4 Å². The van der Waals surface area contributed by atoms with Gasteiger partial charge >= 0.3 is 17.1 Å². The zero-order chi connectivity index (χ0) is 27.5. The minimum Gasteiger partial charge on any atom is -0.307 e. The van der Waals surface area contributed by atoms with Crippen molar-refractivity contribution < 1.29 is 17.1 Å². The standard InChI is InChI=1S/2C9H12N.2C6H6.C5H5N.Fe/c2*1-10(2)8-9-6-4-3-5-7-9;3*1-2-4-6-5-3-1;/h2*3-6H,8H2,1-2H3;2*1-6H;1-5H;/q2*-1;;;;+2. The summed E-state index contributed by atoms with van der Waals surface area (Å²) in [5, 5.41) is 0. The molecule has 0 aliphatic rings. The molecule has 5 rings (SSSR count). The Hall–Kier alpha value is -3.53. The average molecular weight is 560 g/mol. The molecule has 3 nitrogen and oxygen atoms in total. The van der Waals surface area contributed by atoms with Gasteiger partial charge in [-0.3, -0.25) is 4.98 Å². The number of aromatic nitrogens is 1. The van der Waals surface area contributed by atoms with Gasteiger partial charge in [-0.05, 0) is 40.3 Å². The fourth-order valence-electron chi connectivity index (χ4n) is 2.82. The Bertz CT molecular complexity index is 893. The van der Waals surface area contributed by atoms with Crippen molar-refractivity contribution in [2.24, 2.45) is 0 Å². The van der Waals surface area contributed by atoms with Gasteiger partial charge < -0.3 is 9.80 Å². The molecule has 0 unspecified atom stereocenters. The monoisotopic (exact) mass is 559 g/mol.